The first-order valence-electron chi connectivity index (χ1n) is 4.78. The minimum Gasteiger partial charge on any atom is -0.376 e. The van der Waals surface area contributed by atoms with E-state index in [1.54, 1.807) is 7.11 Å². The number of fused-ring (bicyclic) bond motifs is 1. The Kier molecular flexibility index (Phi) is 3.35. The second-order valence-corrected chi connectivity index (χ2v) is 3.51. The first-order chi connectivity index (χ1) is 6.83. The fourth-order valence-corrected chi connectivity index (χ4v) is 1.86. The molecule has 4 atom stereocenters. The van der Waals surface area contributed by atoms with Crippen molar-refractivity contribution in [1.82, 2.24) is 0 Å². The molecule has 0 N–H and O–H groups in total. The van der Waals surface area contributed by atoms with Crippen molar-refractivity contribution >= 4 is 0 Å². The lowest BCUT2D eigenvalue weighted by atomic mass is 10.0. The summed E-state index contributed by atoms with van der Waals surface area (Å²) in [5.41, 5.74) is 0. The molecule has 0 aromatic heterocycles. The summed E-state index contributed by atoms with van der Waals surface area (Å²) in [4.78, 5) is 0. The number of methoxy groups -OCH3 is 1. The maximum atomic E-state index is 5.48. The van der Waals surface area contributed by atoms with E-state index in [4.69, 9.17) is 23.7 Å². The molecule has 0 unspecified atom stereocenters. The molecule has 2 heterocycles. The van der Waals surface area contributed by atoms with Crippen LogP contribution in [0.3, 0.4) is 0 Å². The van der Waals surface area contributed by atoms with Gasteiger partial charge in [0, 0.05) is 7.11 Å². The molecule has 2 aliphatic heterocycles. The van der Waals surface area contributed by atoms with Crippen LogP contribution in [0.5, 0.6) is 0 Å². The quantitative estimate of drug-likeness (QED) is 0.607. The molecule has 0 spiro atoms. The van der Waals surface area contributed by atoms with Crippen LogP contribution in [0.1, 0.15) is 6.92 Å². The van der Waals surface area contributed by atoms with Gasteiger partial charge >= 0.3 is 0 Å². The minimum absolute atomic E-state index is 0.0203. The minimum atomic E-state index is -0.0914. The maximum absolute atomic E-state index is 5.48. The van der Waals surface area contributed by atoms with Crippen LogP contribution < -0.4 is 0 Å². The molecular weight excluding hydrogens is 188 g/mol. The first-order valence-corrected chi connectivity index (χ1v) is 4.78. The van der Waals surface area contributed by atoms with E-state index in [9.17, 15) is 0 Å². The lowest BCUT2D eigenvalue weighted by Gasteiger charge is -2.34. The topological polar surface area (TPSA) is 46.2 Å². The highest BCUT2D eigenvalue weighted by Crippen LogP contribution is 2.23. The highest BCUT2D eigenvalue weighted by molar-refractivity contribution is 4.86. The van der Waals surface area contributed by atoms with E-state index < -0.39 is 0 Å². The van der Waals surface area contributed by atoms with Crippen LogP contribution in [0.4, 0.5) is 0 Å². The Morgan fingerprint density at radius 2 is 2.00 bits per heavy atom. The van der Waals surface area contributed by atoms with E-state index in [0.29, 0.717) is 13.4 Å². The maximum Gasteiger partial charge on any atom is 0.147 e. The van der Waals surface area contributed by atoms with Crippen molar-refractivity contribution in [3.05, 3.63) is 0 Å². The van der Waals surface area contributed by atoms with Gasteiger partial charge in [0.1, 0.15) is 31.9 Å². The van der Waals surface area contributed by atoms with Gasteiger partial charge in [0.2, 0.25) is 0 Å². The van der Waals surface area contributed by atoms with E-state index >= 15 is 0 Å². The Bertz CT molecular complexity index is 186. The van der Waals surface area contributed by atoms with Crippen LogP contribution in [-0.4, -0.2) is 51.7 Å². The Morgan fingerprint density at radius 3 is 2.79 bits per heavy atom. The first kappa shape index (κ1) is 10.3. The summed E-state index contributed by atoms with van der Waals surface area (Å²) in [6, 6.07) is 0. The molecule has 2 aliphatic rings. The van der Waals surface area contributed by atoms with Gasteiger partial charge < -0.3 is 23.7 Å². The van der Waals surface area contributed by atoms with Crippen molar-refractivity contribution in [2.45, 2.75) is 31.3 Å². The molecule has 2 saturated heterocycles. The normalized spacial score (nSPS) is 44.1. The van der Waals surface area contributed by atoms with Crippen LogP contribution >= 0.6 is 0 Å². The summed E-state index contributed by atoms with van der Waals surface area (Å²) in [6.07, 6.45) is -0.288. The molecular formula is C9H16O5. The van der Waals surface area contributed by atoms with Crippen molar-refractivity contribution in [2.75, 3.05) is 27.3 Å². The average molecular weight is 204 g/mol. The molecule has 14 heavy (non-hydrogen) atoms. The summed E-state index contributed by atoms with van der Waals surface area (Å²) in [5.74, 6) is 0. The van der Waals surface area contributed by atoms with Crippen molar-refractivity contribution in [1.29, 1.82) is 0 Å². The third-order valence-corrected chi connectivity index (χ3v) is 2.66. The molecule has 0 bridgehead atoms. The third-order valence-electron chi connectivity index (χ3n) is 2.66. The van der Waals surface area contributed by atoms with Gasteiger partial charge in [-0.3, -0.25) is 0 Å². The fourth-order valence-electron chi connectivity index (χ4n) is 1.86. The molecule has 0 aromatic carbocycles. The number of hydrogen-bond acceptors (Lipinski definition) is 5. The highest BCUT2D eigenvalue weighted by Gasteiger charge is 2.40. The van der Waals surface area contributed by atoms with Crippen molar-refractivity contribution in [3.63, 3.8) is 0 Å². The van der Waals surface area contributed by atoms with Crippen LogP contribution in [0.15, 0.2) is 0 Å². The molecule has 82 valence electrons. The number of hydrogen-bond donors (Lipinski definition) is 0. The van der Waals surface area contributed by atoms with Crippen molar-refractivity contribution in [3.8, 4) is 0 Å². The zero-order valence-electron chi connectivity index (χ0n) is 8.47. The van der Waals surface area contributed by atoms with E-state index in [2.05, 4.69) is 0 Å². The van der Waals surface area contributed by atoms with Gasteiger partial charge in [0.05, 0.1) is 12.7 Å². The van der Waals surface area contributed by atoms with E-state index in [-0.39, 0.29) is 31.2 Å². The standard InChI is InChI=1S/C9H16O5/c1-6-8(10-2)9-7(13-5-12-6)3-11-4-14-9/h6-9H,3-5H2,1-2H3/t6-,7-,8-,9+/m1/s1. The molecule has 2 fully saturated rings. The Balaban J connectivity index is 2.09. The molecule has 0 aliphatic carbocycles. The second kappa shape index (κ2) is 4.55. The highest BCUT2D eigenvalue weighted by atomic mass is 16.7. The van der Waals surface area contributed by atoms with Gasteiger partial charge in [-0.15, -0.1) is 0 Å². The molecule has 5 nitrogen and oxygen atoms in total. The zero-order chi connectivity index (χ0) is 9.97. The van der Waals surface area contributed by atoms with Crippen LogP contribution in [0, 0.1) is 0 Å². The van der Waals surface area contributed by atoms with Gasteiger partial charge in [0.25, 0.3) is 0 Å². The number of rotatable bonds is 1. The summed E-state index contributed by atoms with van der Waals surface area (Å²) in [7, 11) is 1.66. The summed E-state index contributed by atoms with van der Waals surface area (Å²) >= 11 is 0. The SMILES string of the molecule is CO[C@H]1[C@H]2OCOC[C@H]2OCO[C@@H]1C. The molecule has 2 rings (SSSR count). The van der Waals surface area contributed by atoms with Gasteiger partial charge in [-0.05, 0) is 6.92 Å². The van der Waals surface area contributed by atoms with Crippen LogP contribution in [0.2, 0.25) is 0 Å². The summed E-state index contributed by atoms with van der Waals surface area (Å²) in [5, 5.41) is 0. The van der Waals surface area contributed by atoms with Crippen molar-refractivity contribution < 1.29 is 23.7 Å². The third kappa shape index (κ3) is 1.92. The molecule has 0 amide bonds. The predicted octanol–water partition coefficient (Wildman–Crippen LogP) is 0.136. The lowest BCUT2D eigenvalue weighted by molar-refractivity contribution is -0.228. The van der Waals surface area contributed by atoms with Gasteiger partial charge in [-0.1, -0.05) is 0 Å². The Hall–Kier alpha value is -0.200. The van der Waals surface area contributed by atoms with Crippen LogP contribution in [-0.2, 0) is 23.7 Å². The fraction of sp³-hybridized carbons (Fsp3) is 1.00. The van der Waals surface area contributed by atoms with Gasteiger partial charge in [-0.25, -0.2) is 0 Å². The van der Waals surface area contributed by atoms with Crippen molar-refractivity contribution in [2.24, 2.45) is 0 Å². The van der Waals surface area contributed by atoms with Gasteiger partial charge in [-0.2, -0.15) is 0 Å². The van der Waals surface area contributed by atoms with Crippen LogP contribution in [0.25, 0.3) is 0 Å². The largest absolute Gasteiger partial charge is 0.376 e. The molecule has 0 radical (unpaired) electrons. The smallest absolute Gasteiger partial charge is 0.147 e. The van der Waals surface area contributed by atoms with Gasteiger partial charge in [0.15, 0.2) is 0 Å². The summed E-state index contributed by atoms with van der Waals surface area (Å²) < 4.78 is 26.9. The van der Waals surface area contributed by atoms with E-state index in [0.717, 1.165) is 0 Å². The Labute approximate surface area is 83.2 Å². The molecule has 0 aromatic rings. The number of ether oxygens (including phenoxy) is 5. The van der Waals surface area contributed by atoms with E-state index in [1.165, 1.54) is 0 Å². The second-order valence-electron chi connectivity index (χ2n) is 3.51. The molecule has 0 saturated carbocycles. The summed E-state index contributed by atoms with van der Waals surface area (Å²) in [6.45, 7) is 3.07. The average Bonchev–Trinajstić information content (AvgIpc) is 2.36. The Morgan fingerprint density at radius 1 is 1.14 bits per heavy atom. The molecule has 5 heteroatoms. The zero-order valence-corrected chi connectivity index (χ0v) is 8.47. The van der Waals surface area contributed by atoms with E-state index in [1.807, 2.05) is 6.92 Å². The predicted molar refractivity (Wildman–Crippen MR) is 46.8 cm³/mol. The lowest BCUT2D eigenvalue weighted by Crippen LogP contribution is -2.50. The monoisotopic (exact) mass is 204 g/mol.